The minimum Gasteiger partial charge on any atom is -0.508 e. The second kappa shape index (κ2) is 9.37. The summed E-state index contributed by atoms with van der Waals surface area (Å²) in [4.78, 5) is 8.00. The Morgan fingerprint density at radius 1 is 0.781 bits per heavy atom. The number of alkyl halides is 3. The first kappa shape index (κ1) is 24.2. The molecule has 3 aromatic rings. The fourth-order valence-corrected chi connectivity index (χ4v) is 2.39. The Hall–Kier alpha value is -4.09. The van der Waals surface area contributed by atoms with Crippen molar-refractivity contribution in [3.8, 4) is 34.5 Å². The van der Waals surface area contributed by atoms with Crippen LogP contribution in [0.2, 0.25) is 0 Å². The average Bonchev–Trinajstić information content (AvgIpc) is 2.74. The van der Waals surface area contributed by atoms with E-state index in [9.17, 15) is 36.6 Å². The first-order valence-corrected chi connectivity index (χ1v) is 8.28. The van der Waals surface area contributed by atoms with Gasteiger partial charge in [0.25, 0.3) is 0 Å². The molecule has 32 heavy (non-hydrogen) atoms. The van der Waals surface area contributed by atoms with E-state index in [1.165, 1.54) is 0 Å². The molecule has 0 aliphatic rings. The van der Waals surface area contributed by atoms with Crippen LogP contribution in [0, 0.1) is 17.5 Å². The van der Waals surface area contributed by atoms with Crippen molar-refractivity contribution in [2.75, 3.05) is 5.73 Å². The van der Waals surface area contributed by atoms with Crippen LogP contribution in [0.15, 0.2) is 42.5 Å². The van der Waals surface area contributed by atoms with Crippen LogP contribution in [0.4, 0.5) is 32.0 Å². The largest absolute Gasteiger partial charge is 0.508 e. The predicted octanol–water partition coefficient (Wildman–Crippen LogP) is 5.52. The molecule has 0 atom stereocenters. The van der Waals surface area contributed by atoms with Crippen molar-refractivity contribution in [2.45, 2.75) is 6.18 Å². The van der Waals surface area contributed by atoms with Gasteiger partial charge in [0.05, 0.1) is 5.69 Å². The van der Waals surface area contributed by atoms with Crippen LogP contribution in [-0.2, 0) is 11.0 Å². The van der Waals surface area contributed by atoms with Crippen molar-refractivity contribution in [2.24, 2.45) is 0 Å². The van der Waals surface area contributed by atoms with E-state index < -0.39 is 57.9 Å². The third kappa shape index (κ3) is 4.96. The van der Waals surface area contributed by atoms with Crippen LogP contribution < -0.4 is 15.2 Å². The van der Waals surface area contributed by atoms with Crippen LogP contribution in [0.25, 0.3) is 0 Å². The molecule has 0 heterocycles. The molecule has 0 radical (unpaired) electrons. The Balaban J connectivity index is 0.00000176. The maximum Gasteiger partial charge on any atom is 0.423 e. The van der Waals surface area contributed by atoms with Gasteiger partial charge in [0.15, 0.2) is 11.6 Å². The van der Waals surface area contributed by atoms with Crippen LogP contribution in [0.5, 0.6) is 34.5 Å². The molecule has 0 aromatic heterocycles. The van der Waals surface area contributed by atoms with E-state index in [2.05, 4.69) is 0 Å². The minimum atomic E-state index is -5.52. The minimum absolute atomic E-state index is 0.113. The van der Waals surface area contributed by atoms with Gasteiger partial charge in [0, 0.05) is 6.07 Å². The van der Waals surface area contributed by atoms with Gasteiger partial charge in [0.2, 0.25) is 17.4 Å². The van der Waals surface area contributed by atoms with Gasteiger partial charge in [-0.15, -0.1) is 0 Å². The Kier molecular flexibility index (Phi) is 7.08. The zero-order chi connectivity index (χ0) is 24.2. The van der Waals surface area contributed by atoms with Crippen LogP contribution in [0.3, 0.4) is 0 Å². The fourth-order valence-electron chi connectivity index (χ4n) is 2.39. The summed E-state index contributed by atoms with van der Waals surface area (Å²) >= 11 is 0. The quantitative estimate of drug-likeness (QED) is 0.205. The molecule has 12 heteroatoms. The van der Waals surface area contributed by atoms with Crippen LogP contribution >= 0.6 is 0 Å². The van der Waals surface area contributed by atoms with Gasteiger partial charge in [-0.3, -0.25) is 0 Å². The molecular formula is C20H13F6NO5. The Bertz CT molecular complexity index is 1120. The van der Waals surface area contributed by atoms with Crippen molar-refractivity contribution < 1.29 is 50.8 Å². The average molecular weight is 461 g/mol. The van der Waals surface area contributed by atoms with E-state index in [1.54, 1.807) is 0 Å². The third-order valence-electron chi connectivity index (χ3n) is 3.80. The molecule has 3 aromatic carbocycles. The van der Waals surface area contributed by atoms with Crippen LogP contribution in [0.1, 0.15) is 5.56 Å². The zero-order valence-electron chi connectivity index (χ0n) is 15.7. The monoisotopic (exact) mass is 461 g/mol. The summed E-state index contributed by atoms with van der Waals surface area (Å²) in [6, 6.07) is 6.97. The molecule has 6 nitrogen and oxygen atoms in total. The number of nitrogen functional groups attached to an aromatic ring is 1. The molecule has 4 N–H and O–H groups in total. The molecule has 0 saturated heterocycles. The van der Waals surface area contributed by atoms with Gasteiger partial charge in [-0.05, 0) is 36.4 Å². The lowest BCUT2D eigenvalue weighted by Crippen LogP contribution is -2.14. The SMILES string of the molecule is C=O.Nc1ccc(Oc2c(F)c(F)c(C(F)(F)F)c(Oc3ccc(O)cc3)c2F)cc1O. The number of halogens is 6. The number of anilines is 1. The molecule has 0 saturated carbocycles. The maximum absolute atomic E-state index is 14.8. The van der Waals surface area contributed by atoms with E-state index in [-0.39, 0.29) is 11.4 Å². The summed E-state index contributed by atoms with van der Waals surface area (Å²) < 4.78 is 93.0. The van der Waals surface area contributed by atoms with Gasteiger partial charge in [-0.25, -0.2) is 4.39 Å². The summed E-state index contributed by atoms with van der Waals surface area (Å²) in [7, 11) is 0. The molecule has 170 valence electrons. The lowest BCUT2D eigenvalue weighted by Gasteiger charge is -2.18. The number of hydrogen-bond acceptors (Lipinski definition) is 6. The van der Waals surface area contributed by atoms with E-state index in [4.69, 9.17) is 20.0 Å². The normalized spacial score (nSPS) is 10.8. The number of nitrogens with two attached hydrogens (primary N) is 1. The molecule has 0 unspecified atom stereocenters. The molecule has 3 rings (SSSR count). The molecule has 0 amide bonds. The lowest BCUT2D eigenvalue weighted by atomic mass is 10.1. The molecule has 0 fully saturated rings. The standard InChI is InChI=1S/C19H11F6NO4.CH2O/c20-14-13(19(23,24)25)17(29-9-3-1-8(27)2-4-9)16(22)18(15(14)21)30-10-5-6-11(26)12(28)7-10;1-2/h1-7,27-28H,26H2;1H2. The van der Waals surface area contributed by atoms with Gasteiger partial charge in [-0.2, -0.15) is 22.0 Å². The summed E-state index contributed by atoms with van der Waals surface area (Å²) in [6.45, 7) is 2.00. The van der Waals surface area contributed by atoms with Gasteiger partial charge < -0.3 is 30.2 Å². The fraction of sp³-hybridized carbons (Fsp3) is 0.0500. The predicted molar refractivity (Wildman–Crippen MR) is 99.2 cm³/mol. The second-order valence-electron chi connectivity index (χ2n) is 5.89. The molecule has 0 spiro atoms. The first-order valence-electron chi connectivity index (χ1n) is 8.28. The number of carbonyl (C=O) groups excluding carboxylic acids is 1. The van der Waals surface area contributed by atoms with E-state index in [0.29, 0.717) is 0 Å². The summed E-state index contributed by atoms with van der Waals surface area (Å²) in [5.74, 6) is -11.5. The zero-order valence-corrected chi connectivity index (χ0v) is 15.7. The smallest absolute Gasteiger partial charge is 0.423 e. The van der Waals surface area contributed by atoms with E-state index in [0.717, 1.165) is 42.5 Å². The maximum atomic E-state index is 14.8. The summed E-state index contributed by atoms with van der Waals surface area (Å²) in [5, 5.41) is 18.8. The van der Waals surface area contributed by atoms with Gasteiger partial charge in [0.1, 0.15) is 35.4 Å². The van der Waals surface area contributed by atoms with Gasteiger partial charge in [-0.1, -0.05) is 0 Å². The molecular weight excluding hydrogens is 448 g/mol. The number of aromatic hydroxyl groups is 2. The van der Waals surface area contributed by atoms with Crippen molar-refractivity contribution >= 4 is 12.5 Å². The van der Waals surface area contributed by atoms with Crippen LogP contribution in [-0.4, -0.2) is 17.0 Å². The highest BCUT2D eigenvalue weighted by atomic mass is 19.4. The molecule has 0 bridgehead atoms. The van der Waals surface area contributed by atoms with E-state index in [1.807, 2.05) is 6.79 Å². The number of benzene rings is 3. The number of ether oxygens (including phenoxy) is 2. The number of phenolic OH excluding ortho intramolecular Hbond substituents is 2. The highest BCUT2D eigenvalue weighted by Crippen LogP contribution is 2.47. The second-order valence-corrected chi connectivity index (χ2v) is 5.89. The Morgan fingerprint density at radius 3 is 1.84 bits per heavy atom. The number of hydrogen-bond donors (Lipinski definition) is 3. The first-order chi connectivity index (χ1) is 15.0. The Morgan fingerprint density at radius 2 is 1.31 bits per heavy atom. The van der Waals surface area contributed by atoms with Gasteiger partial charge >= 0.3 is 6.18 Å². The Labute approximate surface area is 176 Å². The topological polar surface area (TPSA) is 102 Å². The van der Waals surface area contributed by atoms with E-state index >= 15 is 0 Å². The van der Waals surface area contributed by atoms with Crippen molar-refractivity contribution in [3.63, 3.8) is 0 Å². The number of rotatable bonds is 4. The molecule has 0 aliphatic heterocycles. The molecule has 0 aliphatic carbocycles. The highest BCUT2D eigenvalue weighted by molar-refractivity contribution is 5.56. The van der Waals surface area contributed by atoms with Crippen molar-refractivity contribution in [1.82, 2.24) is 0 Å². The highest BCUT2D eigenvalue weighted by Gasteiger charge is 2.43. The number of carbonyl (C=O) groups is 1. The third-order valence-corrected chi connectivity index (χ3v) is 3.80. The lowest BCUT2D eigenvalue weighted by molar-refractivity contribution is -0.141. The summed E-state index contributed by atoms with van der Waals surface area (Å²) in [6.07, 6.45) is -5.52. The number of phenols is 2. The summed E-state index contributed by atoms with van der Waals surface area (Å²) in [5.41, 5.74) is 2.94. The van der Waals surface area contributed by atoms with Crippen molar-refractivity contribution in [1.29, 1.82) is 0 Å². The van der Waals surface area contributed by atoms with Crippen molar-refractivity contribution in [3.05, 3.63) is 65.5 Å².